The van der Waals surface area contributed by atoms with Crippen LogP contribution in [0.3, 0.4) is 0 Å². The Morgan fingerprint density at radius 3 is 1.58 bits per heavy atom. The molecule has 2 aliphatic heterocycles. The fourth-order valence-corrected chi connectivity index (χ4v) is 13.2. The van der Waals surface area contributed by atoms with E-state index in [1.807, 2.05) is 23.5 Å². The monoisotopic (exact) mass is 759 g/mol. The van der Waals surface area contributed by atoms with Gasteiger partial charge in [-0.25, -0.2) is 0 Å². The highest BCUT2D eigenvalue weighted by Gasteiger charge is 2.37. The molecule has 0 spiro atoms. The molecule has 10 rings (SSSR count). The molecule has 0 fully saturated rings. The topological polar surface area (TPSA) is 12.5 Å². The molecule has 0 unspecified atom stereocenters. The zero-order chi connectivity index (χ0) is 36.9. The maximum atomic E-state index is 6.68. The van der Waals surface area contributed by atoms with Crippen molar-refractivity contribution in [3.63, 3.8) is 0 Å². The van der Waals surface area contributed by atoms with Crippen molar-refractivity contribution in [1.82, 2.24) is 0 Å². The summed E-state index contributed by atoms with van der Waals surface area (Å²) in [6.07, 6.45) is 0. The molecule has 0 saturated carbocycles. The van der Waals surface area contributed by atoms with Gasteiger partial charge in [0, 0.05) is 42.2 Å². The van der Waals surface area contributed by atoms with Crippen molar-refractivity contribution in [1.29, 1.82) is 0 Å². The van der Waals surface area contributed by atoms with Crippen LogP contribution in [-0.2, 0) is 0 Å². The molecule has 0 bridgehead atoms. The third-order valence-electron chi connectivity index (χ3n) is 10.8. The SMILES string of the molecule is C[Si]1(C)c2ccccc2Oc2c(-c3ccc(N(c4ccc(-c5ccccc5)cc4)c4ccc(-c5cccc6c5Sc5ccccc5S6)cc4)cc3)cccc21. The molecule has 0 radical (unpaired) electrons. The minimum absolute atomic E-state index is 0.988. The predicted octanol–water partition coefficient (Wildman–Crippen LogP) is 13.7. The highest BCUT2D eigenvalue weighted by molar-refractivity contribution is 8.05. The average molecular weight is 760 g/mol. The summed E-state index contributed by atoms with van der Waals surface area (Å²) in [5, 5.41) is 2.69. The molecule has 0 amide bonds. The third kappa shape index (κ3) is 6.09. The van der Waals surface area contributed by atoms with E-state index in [0.29, 0.717) is 0 Å². The molecule has 8 aromatic carbocycles. The number of benzene rings is 8. The lowest BCUT2D eigenvalue weighted by atomic mass is 10.0. The van der Waals surface area contributed by atoms with Crippen LogP contribution in [0.2, 0.25) is 13.1 Å². The van der Waals surface area contributed by atoms with Gasteiger partial charge in [0.05, 0.1) is 0 Å². The first-order chi connectivity index (χ1) is 27.0. The van der Waals surface area contributed by atoms with Crippen LogP contribution in [-0.4, -0.2) is 8.07 Å². The van der Waals surface area contributed by atoms with Gasteiger partial charge in [0.25, 0.3) is 0 Å². The predicted molar refractivity (Wildman–Crippen MR) is 235 cm³/mol. The maximum absolute atomic E-state index is 6.68. The summed E-state index contributed by atoms with van der Waals surface area (Å²) in [6.45, 7) is 4.85. The minimum Gasteiger partial charge on any atom is -0.457 e. The summed E-state index contributed by atoms with van der Waals surface area (Å²) in [5.41, 5.74) is 10.5. The lowest BCUT2D eigenvalue weighted by molar-refractivity contribution is 0.488. The first-order valence-corrected chi connectivity index (χ1v) is 23.3. The molecule has 0 N–H and O–H groups in total. The third-order valence-corrected chi connectivity index (χ3v) is 16.9. The second-order valence-corrected chi connectivity index (χ2v) is 21.0. The lowest BCUT2D eigenvalue weighted by Crippen LogP contribution is -2.56. The lowest BCUT2D eigenvalue weighted by Gasteiger charge is -2.34. The molecule has 0 aromatic heterocycles. The van der Waals surface area contributed by atoms with Gasteiger partial charge in [-0.1, -0.05) is 164 Å². The molecule has 0 saturated heterocycles. The molecule has 8 aromatic rings. The van der Waals surface area contributed by atoms with Gasteiger partial charge in [0.2, 0.25) is 0 Å². The molecule has 0 aliphatic carbocycles. The van der Waals surface area contributed by atoms with Crippen LogP contribution < -0.4 is 20.0 Å². The highest BCUT2D eigenvalue weighted by atomic mass is 32.2. The van der Waals surface area contributed by atoms with E-state index in [2.05, 4.69) is 206 Å². The highest BCUT2D eigenvalue weighted by Crippen LogP contribution is 2.52. The first-order valence-electron chi connectivity index (χ1n) is 18.7. The summed E-state index contributed by atoms with van der Waals surface area (Å²) in [7, 11) is -1.93. The molecular formula is C50H37NOS2Si. The average Bonchev–Trinajstić information content (AvgIpc) is 3.24. The smallest absolute Gasteiger partial charge is 0.134 e. The zero-order valence-electron chi connectivity index (χ0n) is 30.6. The maximum Gasteiger partial charge on any atom is 0.134 e. The van der Waals surface area contributed by atoms with Crippen LogP contribution in [0.1, 0.15) is 0 Å². The fourth-order valence-electron chi connectivity index (χ4n) is 7.93. The molecule has 2 heterocycles. The van der Waals surface area contributed by atoms with Crippen molar-refractivity contribution >= 4 is 59.0 Å². The summed E-state index contributed by atoms with van der Waals surface area (Å²) < 4.78 is 6.68. The molecule has 2 aliphatic rings. The number of para-hydroxylation sites is 2. The number of rotatable bonds is 6. The van der Waals surface area contributed by atoms with Crippen LogP contribution in [0.15, 0.2) is 208 Å². The van der Waals surface area contributed by atoms with Crippen molar-refractivity contribution in [2.24, 2.45) is 0 Å². The number of anilines is 3. The van der Waals surface area contributed by atoms with E-state index in [0.717, 1.165) is 39.7 Å². The molecule has 2 nitrogen and oxygen atoms in total. The fraction of sp³-hybridized carbons (Fsp3) is 0.0400. The van der Waals surface area contributed by atoms with Crippen LogP contribution >= 0.6 is 23.5 Å². The quantitative estimate of drug-likeness (QED) is 0.156. The van der Waals surface area contributed by atoms with Gasteiger partial charge in [0.15, 0.2) is 0 Å². The van der Waals surface area contributed by atoms with E-state index in [1.165, 1.54) is 52.2 Å². The Morgan fingerprint density at radius 2 is 0.891 bits per heavy atom. The number of fused-ring (bicyclic) bond motifs is 4. The number of hydrogen-bond donors (Lipinski definition) is 0. The first kappa shape index (κ1) is 33.8. The van der Waals surface area contributed by atoms with Gasteiger partial charge in [-0.3, -0.25) is 0 Å². The Bertz CT molecular complexity index is 2690. The Hall–Kier alpha value is -5.72. The Balaban J connectivity index is 1.02. The van der Waals surface area contributed by atoms with Crippen molar-refractivity contribution in [2.75, 3.05) is 4.90 Å². The number of ether oxygens (including phenoxy) is 1. The summed E-state index contributed by atoms with van der Waals surface area (Å²) >= 11 is 3.74. The van der Waals surface area contributed by atoms with Gasteiger partial charge in [-0.05, 0) is 98.9 Å². The van der Waals surface area contributed by atoms with Crippen LogP contribution in [0.25, 0.3) is 33.4 Å². The van der Waals surface area contributed by atoms with Gasteiger partial charge in [0.1, 0.15) is 19.6 Å². The normalized spacial score (nSPS) is 13.4. The molecule has 0 atom stereocenters. The summed E-state index contributed by atoms with van der Waals surface area (Å²) in [6, 6.07) is 68.1. The molecule has 55 heavy (non-hydrogen) atoms. The molecular weight excluding hydrogens is 723 g/mol. The zero-order valence-corrected chi connectivity index (χ0v) is 33.2. The standard InChI is InChI=1S/C50H37NOS2Si/c1-55(2)47-20-9-6-16-43(47)52-49-41(14-11-21-48(49)55)36-24-30-39(31-25-36)51(38-28-22-35(23-29-38)34-12-4-3-5-13-34)40-32-26-37(27-33-40)42-15-10-19-46-50(42)54-45-18-8-7-17-44(45)53-46/h3-33H,1-2H3. The van der Waals surface area contributed by atoms with E-state index in [4.69, 9.17) is 4.74 Å². The second kappa shape index (κ2) is 13.8. The Morgan fingerprint density at radius 1 is 0.400 bits per heavy atom. The van der Waals surface area contributed by atoms with Crippen molar-refractivity contribution in [3.8, 4) is 44.9 Å². The summed E-state index contributed by atoms with van der Waals surface area (Å²) in [4.78, 5) is 7.63. The van der Waals surface area contributed by atoms with E-state index in [-0.39, 0.29) is 0 Å². The second-order valence-electron chi connectivity index (χ2n) is 14.5. The van der Waals surface area contributed by atoms with Gasteiger partial charge in [-0.15, -0.1) is 0 Å². The Kier molecular flexibility index (Phi) is 8.51. The van der Waals surface area contributed by atoms with Crippen LogP contribution in [0.5, 0.6) is 11.5 Å². The van der Waals surface area contributed by atoms with Gasteiger partial charge >= 0.3 is 0 Å². The number of nitrogens with zero attached hydrogens (tertiary/aromatic N) is 1. The van der Waals surface area contributed by atoms with Crippen LogP contribution in [0.4, 0.5) is 17.1 Å². The van der Waals surface area contributed by atoms with E-state index in [9.17, 15) is 0 Å². The largest absolute Gasteiger partial charge is 0.457 e. The molecule has 5 heteroatoms. The molecule has 264 valence electrons. The van der Waals surface area contributed by atoms with Crippen LogP contribution in [0, 0.1) is 0 Å². The van der Waals surface area contributed by atoms with Gasteiger partial charge in [-0.2, -0.15) is 0 Å². The van der Waals surface area contributed by atoms with E-state index < -0.39 is 8.07 Å². The minimum atomic E-state index is -1.93. The van der Waals surface area contributed by atoms with E-state index in [1.54, 1.807) is 0 Å². The Labute approximate surface area is 332 Å². The van der Waals surface area contributed by atoms with E-state index >= 15 is 0 Å². The summed E-state index contributed by atoms with van der Waals surface area (Å²) in [5.74, 6) is 1.99. The van der Waals surface area contributed by atoms with Crippen molar-refractivity contribution in [3.05, 3.63) is 188 Å². The van der Waals surface area contributed by atoms with Gasteiger partial charge < -0.3 is 9.64 Å². The number of hydrogen-bond acceptors (Lipinski definition) is 4. The van der Waals surface area contributed by atoms with Crippen molar-refractivity contribution < 1.29 is 4.74 Å². The van der Waals surface area contributed by atoms with Crippen molar-refractivity contribution in [2.45, 2.75) is 32.7 Å².